The number of benzene rings is 2. The molecule has 0 bridgehead atoms. The van der Waals surface area contributed by atoms with Crippen molar-refractivity contribution in [2.24, 2.45) is 5.92 Å². The Bertz CT molecular complexity index is 774. The van der Waals surface area contributed by atoms with Crippen LogP contribution in [-0.2, 0) is 0 Å². The van der Waals surface area contributed by atoms with E-state index in [-0.39, 0.29) is 11.7 Å². The van der Waals surface area contributed by atoms with Crippen LogP contribution in [0.25, 0.3) is 0 Å². The first-order valence-corrected chi connectivity index (χ1v) is 8.43. The van der Waals surface area contributed by atoms with Crippen molar-refractivity contribution < 1.29 is 14.0 Å². The van der Waals surface area contributed by atoms with Gasteiger partial charge in [-0.25, -0.2) is 4.39 Å². The van der Waals surface area contributed by atoms with Crippen molar-refractivity contribution in [1.82, 2.24) is 10.2 Å². The summed E-state index contributed by atoms with van der Waals surface area (Å²) < 4.78 is 13.1. The number of carbonyl (C=O) groups excluding carboxylic acids is 2. The van der Waals surface area contributed by atoms with E-state index in [4.69, 9.17) is 0 Å². The van der Waals surface area contributed by atoms with Gasteiger partial charge in [0.15, 0.2) is 5.78 Å². The Morgan fingerprint density at radius 1 is 1.12 bits per heavy atom. The Morgan fingerprint density at radius 3 is 2.48 bits per heavy atom. The molecule has 0 saturated carbocycles. The second kappa shape index (κ2) is 7.57. The molecule has 0 spiro atoms. The summed E-state index contributed by atoms with van der Waals surface area (Å²) in [6, 6.07) is 12.2. The molecule has 1 atom stereocenters. The van der Waals surface area contributed by atoms with E-state index in [1.54, 1.807) is 29.2 Å². The van der Waals surface area contributed by atoms with Crippen molar-refractivity contribution in [2.45, 2.75) is 6.42 Å². The number of hydrogen-bond donors (Lipinski definition) is 1. The van der Waals surface area contributed by atoms with E-state index in [0.717, 1.165) is 13.0 Å². The van der Waals surface area contributed by atoms with Crippen LogP contribution in [0.1, 0.15) is 32.7 Å². The minimum atomic E-state index is -0.395. The average molecular weight is 340 g/mol. The normalized spacial score (nSPS) is 16.9. The number of rotatable bonds is 5. The largest absolute Gasteiger partial charge is 0.338 e. The fraction of sp³-hybridized carbons (Fsp3) is 0.300. The van der Waals surface area contributed by atoms with Crippen LogP contribution in [0.2, 0.25) is 0 Å². The zero-order valence-corrected chi connectivity index (χ0v) is 14.2. The first-order chi connectivity index (χ1) is 12.1. The molecule has 1 N–H and O–H groups in total. The third kappa shape index (κ3) is 3.77. The second-order valence-corrected chi connectivity index (χ2v) is 6.35. The molecule has 1 amide bonds. The molecule has 130 valence electrons. The maximum atomic E-state index is 13.1. The number of amides is 1. The molecule has 0 aliphatic carbocycles. The molecule has 1 aliphatic rings. The lowest BCUT2D eigenvalue weighted by Gasteiger charge is -2.18. The molecule has 5 heteroatoms. The van der Waals surface area contributed by atoms with Gasteiger partial charge in [0.05, 0.1) is 5.56 Å². The molecule has 1 heterocycles. The Hall–Kier alpha value is -2.53. The van der Waals surface area contributed by atoms with Gasteiger partial charge in [0.2, 0.25) is 0 Å². The minimum Gasteiger partial charge on any atom is -0.338 e. The summed E-state index contributed by atoms with van der Waals surface area (Å²) in [7, 11) is 1.90. The van der Waals surface area contributed by atoms with Crippen molar-refractivity contribution in [3.8, 4) is 0 Å². The highest BCUT2D eigenvalue weighted by atomic mass is 19.1. The van der Waals surface area contributed by atoms with Crippen LogP contribution in [0.15, 0.2) is 48.5 Å². The van der Waals surface area contributed by atoms with E-state index >= 15 is 0 Å². The molecular formula is C20H21FN2O2. The van der Waals surface area contributed by atoms with Crippen molar-refractivity contribution in [2.75, 3.05) is 26.7 Å². The number of likely N-dealkylation sites (tertiary alicyclic amines) is 1. The van der Waals surface area contributed by atoms with E-state index in [1.165, 1.54) is 24.3 Å². The topological polar surface area (TPSA) is 49.4 Å². The van der Waals surface area contributed by atoms with Crippen molar-refractivity contribution in [3.05, 3.63) is 71.0 Å². The lowest BCUT2D eigenvalue weighted by molar-refractivity contribution is 0.0782. The fourth-order valence-electron chi connectivity index (χ4n) is 3.27. The molecule has 1 saturated heterocycles. The van der Waals surface area contributed by atoms with Crippen LogP contribution in [0.4, 0.5) is 4.39 Å². The standard InChI is InChI=1S/C20H21FN2O2/c1-22-12-14-10-11-23(13-14)20(25)18-5-3-2-4-17(18)19(24)15-6-8-16(21)9-7-15/h2-9,14,22H,10-13H2,1H3/t14-/m1/s1. The smallest absolute Gasteiger partial charge is 0.254 e. The molecule has 0 radical (unpaired) electrons. The van der Waals surface area contributed by atoms with Crippen LogP contribution in [-0.4, -0.2) is 43.3 Å². The van der Waals surface area contributed by atoms with Crippen LogP contribution in [0.5, 0.6) is 0 Å². The highest BCUT2D eigenvalue weighted by molar-refractivity contribution is 6.15. The zero-order valence-electron chi connectivity index (χ0n) is 14.2. The van der Waals surface area contributed by atoms with Crippen molar-refractivity contribution in [1.29, 1.82) is 0 Å². The highest BCUT2D eigenvalue weighted by Gasteiger charge is 2.28. The molecule has 2 aromatic carbocycles. The van der Waals surface area contributed by atoms with Gasteiger partial charge in [-0.1, -0.05) is 18.2 Å². The third-order valence-corrected chi connectivity index (χ3v) is 4.57. The summed E-state index contributed by atoms with van der Waals surface area (Å²) >= 11 is 0. The van der Waals surface area contributed by atoms with Crippen LogP contribution < -0.4 is 5.32 Å². The van der Waals surface area contributed by atoms with E-state index in [9.17, 15) is 14.0 Å². The SMILES string of the molecule is CNC[C@H]1CCN(C(=O)c2ccccc2C(=O)c2ccc(F)cc2)C1. The minimum absolute atomic E-state index is 0.121. The zero-order chi connectivity index (χ0) is 17.8. The third-order valence-electron chi connectivity index (χ3n) is 4.57. The molecule has 0 aromatic heterocycles. The van der Waals surface area contributed by atoms with Gasteiger partial charge in [0.25, 0.3) is 5.91 Å². The Labute approximate surface area is 146 Å². The maximum absolute atomic E-state index is 13.1. The van der Waals surface area contributed by atoms with E-state index in [1.807, 2.05) is 7.05 Å². The van der Waals surface area contributed by atoms with E-state index in [2.05, 4.69) is 5.32 Å². The molecule has 2 aromatic rings. The molecular weight excluding hydrogens is 319 g/mol. The predicted octanol–water partition coefficient (Wildman–Crippen LogP) is 2.74. The molecule has 1 fully saturated rings. The Kier molecular flexibility index (Phi) is 5.24. The summed E-state index contributed by atoms with van der Waals surface area (Å²) in [6.45, 7) is 2.27. The summed E-state index contributed by atoms with van der Waals surface area (Å²) in [4.78, 5) is 27.5. The van der Waals surface area contributed by atoms with E-state index in [0.29, 0.717) is 35.7 Å². The Morgan fingerprint density at radius 2 is 1.80 bits per heavy atom. The van der Waals surface area contributed by atoms with Gasteiger partial charge in [-0.3, -0.25) is 9.59 Å². The first kappa shape index (κ1) is 17.3. The monoisotopic (exact) mass is 340 g/mol. The predicted molar refractivity (Wildman–Crippen MR) is 94.2 cm³/mol. The summed E-state index contributed by atoms with van der Waals surface area (Å²) in [6.07, 6.45) is 0.959. The van der Waals surface area contributed by atoms with Gasteiger partial charge in [0, 0.05) is 24.2 Å². The number of nitrogens with one attached hydrogen (secondary N) is 1. The molecule has 3 rings (SSSR count). The first-order valence-electron chi connectivity index (χ1n) is 8.43. The number of halogens is 1. The van der Waals surface area contributed by atoms with Crippen LogP contribution in [0.3, 0.4) is 0 Å². The molecule has 1 aliphatic heterocycles. The van der Waals surface area contributed by atoms with Gasteiger partial charge < -0.3 is 10.2 Å². The van der Waals surface area contributed by atoms with Gasteiger partial charge in [-0.15, -0.1) is 0 Å². The van der Waals surface area contributed by atoms with Gasteiger partial charge in [0.1, 0.15) is 5.82 Å². The molecule has 0 unspecified atom stereocenters. The number of nitrogens with zero attached hydrogens (tertiary/aromatic N) is 1. The number of hydrogen-bond acceptors (Lipinski definition) is 3. The highest BCUT2D eigenvalue weighted by Crippen LogP contribution is 2.21. The number of ketones is 1. The summed E-state index contributed by atoms with van der Waals surface area (Å²) in [5.41, 5.74) is 1.13. The summed E-state index contributed by atoms with van der Waals surface area (Å²) in [5.74, 6) is -0.345. The van der Waals surface area contributed by atoms with Gasteiger partial charge in [-0.2, -0.15) is 0 Å². The fourth-order valence-corrected chi connectivity index (χ4v) is 3.27. The molecule has 25 heavy (non-hydrogen) atoms. The van der Waals surface area contributed by atoms with Crippen molar-refractivity contribution in [3.63, 3.8) is 0 Å². The van der Waals surface area contributed by atoms with Crippen LogP contribution >= 0.6 is 0 Å². The quantitative estimate of drug-likeness (QED) is 0.852. The van der Waals surface area contributed by atoms with E-state index < -0.39 is 5.82 Å². The average Bonchev–Trinajstić information content (AvgIpc) is 3.10. The maximum Gasteiger partial charge on any atom is 0.254 e. The van der Waals surface area contributed by atoms with Gasteiger partial charge in [-0.05, 0) is 56.3 Å². The summed E-state index contributed by atoms with van der Waals surface area (Å²) in [5, 5.41) is 3.14. The van der Waals surface area contributed by atoms with Gasteiger partial charge >= 0.3 is 0 Å². The lowest BCUT2D eigenvalue weighted by Crippen LogP contribution is -2.31. The Balaban J connectivity index is 1.85. The van der Waals surface area contributed by atoms with Crippen LogP contribution in [0, 0.1) is 11.7 Å². The van der Waals surface area contributed by atoms with Crippen molar-refractivity contribution >= 4 is 11.7 Å². The molecule has 4 nitrogen and oxygen atoms in total. The lowest BCUT2D eigenvalue weighted by atomic mass is 9.97. The number of carbonyl (C=O) groups is 2. The second-order valence-electron chi connectivity index (χ2n) is 6.35.